The molecule has 3 N–H and O–H groups in total. The Labute approximate surface area is 220 Å². The molecule has 4 aromatic rings. The highest BCUT2D eigenvalue weighted by Gasteiger charge is 2.30. The van der Waals surface area contributed by atoms with Crippen LogP contribution in [0.3, 0.4) is 0 Å². The lowest BCUT2D eigenvalue weighted by molar-refractivity contribution is -0.118. The van der Waals surface area contributed by atoms with Crippen LogP contribution in [0.15, 0.2) is 97.1 Å². The number of rotatable bonds is 7. The normalized spacial score (nSPS) is 12.7. The molecule has 0 bridgehead atoms. The fourth-order valence-corrected chi connectivity index (χ4v) is 4.90. The van der Waals surface area contributed by atoms with E-state index in [-0.39, 0.29) is 18.1 Å². The topological polar surface area (TPSA) is 105 Å². The van der Waals surface area contributed by atoms with Crippen molar-refractivity contribution in [2.24, 2.45) is 0 Å². The number of benzene rings is 4. The van der Waals surface area contributed by atoms with Crippen molar-refractivity contribution in [3.63, 3.8) is 0 Å². The van der Waals surface area contributed by atoms with Crippen LogP contribution in [-0.4, -0.2) is 29.7 Å². The SMILES string of the molecule is Cc1cc(NC(=O)[C@@H](NC(=O)OCC2c3ccccc3-c3ccccc32)c2ccccc2)ccc1C(=O)O. The first-order valence-corrected chi connectivity index (χ1v) is 12.2. The lowest BCUT2D eigenvalue weighted by Gasteiger charge is -2.20. The molecular formula is C31H26N2O5. The fourth-order valence-electron chi connectivity index (χ4n) is 4.90. The zero-order valence-electron chi connectivity index (χ0n) is 20.7. The summed E-state index contributed by atoms with van der Waals surface area (Å²) < 4.78 is 5.66. The van der Waals surface area contributed by atoms with Gasteiger partial charge in [-0.25, -0.2) is 9.59 Å². The molecule has 0 radical (unpaired) electrons. The highest BCUT2D eigenvalue weighted by molar-refractivity contribution is 5.98. The number of anilines is 1. The third kappa shape index (κ3) is 4.99. The van der Waals surface area contributed by atoms with Crippen LogP contribution in [0.2, 0.25) is 0 Å². The second-order valence-electron chi connectivity index (χ2n) is 9.14. The predicted molar refractivity (Wildman–Crippen MR) is 144 cm³/mol. The van der Waals surface area contributed by atoms with Crippen LogP contribution < -0.4 is 10.6 Å². The highest BCUT2D eigenvalue weighted by atomic mass is 16.5. The minimum Gasteiger partial charge on any atom is -0.478 e. The third-order valence-electron chi connectivity index (χ3n) is 6.73. The van der Waals surface area contributed by atoms with Gasteiger partial charge < -0.3 is 20.5 Å². The van der Waals surface area contributed by atoms with Crippen molar-refractivity contribution in [1.29, 1.82) is 0 Å². The number of alkyl carbamates (subject to hydrolysis) is 1. The van der Waals surface area contributed by atoms with E-state index in [0.717, 1.165) is 22.3 Å². The van der Waals surface area contributed by atoms with E-state index in [1.807, 2.05) is 42.5 Å². The van der Waals surface area contributed by atoms with Gasteiger partial charge in [-0.3, -0.25) is 4.79 Å². The van der Waals surface area contributed by atoms with Gasteiger partial charge >= 0.3 is 12.1 Å². The number of carboxylic acids is 1. The van der Waals surface area contributed by atoms with Gasteiger partial charge in [0.25, 0.3) is 5.91 Å². The number of carbonyl (C=O) groups excluding carboxylic acids is 2. The first kappa shape index (κ1) is 24.8. The van der Waals surface area contributed by atoms with E-state index < -0.39 is 24.0 Å². The van der Waals surface area contributed by atoms with Crippen molar-refractivity contribution in [3.05, 3.63) is 125 Å². The van der Waals surface area contributed by atoms with Gasteiger partial charge in [0, 0.05) is 11.6 Å². The van der Waals surface area contributed by atoms with E-state index in [0.29, 0.717) is 16.8 Å². The van der Waals surface area contributed by atoms with Crippen molar-refractivity contribution in [2.75, 3.05) is 11.9 Å². The van der Waals surface area contributed by atoms with Crippen LogP contribution in [0.5, 0.6) is 0 Å². The Morgan fingerprint density at radius 2 is 1.45 bits per heavy atom. The summed E-state index contributed by atoms with van der Waals surface area (Å²) in [5.74, 6) is -1.63. The molecule has 0 aromatic heterocycles. The molecule has 0 unspecified atom stereocenters. The lowest BCUT2D eigenvalue weighted by Crippen LogP contribution is -2.37. The summed E-state index contributed by atoms with van der Waals surface area (Å²) in [7, 11) is 0. The van der Waals surface area contributed by atoms with Crippen LogP contribution in [0.25, 0.3) is 11.1 Å². The minimum absolute atomic E-state index is 0.104. The Bertz CT molecular complexity index is 1470. The second-order valence-corrected chi connectivity index (χ2v) is 9.14. The first-order valence-electron chi connectivity index (χ1n) is 12.2. The van der Waals surface area contributed by atoms with Crippen LogP contribution in [-0.2, 0) is 9.53 Å². The Hall–Kier alpha value is -4.91. The summed E-state index contributed by atoms with van der Waals surface area (Å²) in [6, 6.07) is 28.5. The summed E-state index contributed by atoms with van der Waals surface area (Å²) >= 11 is 0. The molecule has 190 valence electrons. The predicted octanol–water partition coefficient (Wildman–Crippen LogP) is 5.91. The van der Waals surface area contributed by atoms with Gasteiger partial charge in [-0.05, 0) is 58.5 Å². The Morgan fingerprint density at radius 1 is 0.842 bits per heavy atom. The van der Waals surface area contributed by atoms with E-state index in [2.05, 4.69) is 22.8 Å². The van der Waals surface area contributed by atoms with Crippen LogP contribution in [0.1, 0.15) is 44.6 Å². The molecule has 7 heteroatoms. The molecule has 1 aliphatic carbocycles. The van der Waals surface area contributed by atoms with Gasteiger partial charge in [-0.1, -0.05) is 78.9 Å². The first-order chi connectivity index (χ1) is 18.4. The second kappa shape index (κ2) is 10.6. The average molecular weight is 507 g/mol. The molecule has 0 heterocycles. The smallest absolute Gasteiger partial charge is 0.408 e. The van der Waals surface area contributed by atoms with E-state index >= 15 is 0 Å². The molecule has 0 saturated carbocycles. The third-order valence-corrected chi connectivity index (χ3v) is 6.73. The Balaban J connectivity index is 1.31. The quantitative estimate of drug-likeness (QED) is 0.289. The van der Waals surface area contributed by atoms with Gasteiger partial charge in [-0.15, -0.1) is 0 Å². The number of hydrogen-bond donors (Lipinski definition) is 3. The molecule has 5 rings (SSSR count). The van der Waals surface area contributed by atoms with Gasteiger partial charge in [0.1, 0.15) is 12.6 Å². The molecule has 38 heavy (non-hydrogen) atoms. The Morgan fingerprint density at radius 3 is 2.05 bits per heavy atom. The highest BCUT2D eigenvalue weighted by Crippen LogP contribution is 2.44. The van der Waals surface area contributed by atoms with Gasteiger partial charge in [0.05, 0.1) is 5.56 Å². The molecular weight excluding hydrogens is 480 g/mol. The van der Waals surface area contributed by atoms with E-state index in [1.54, 1.807) is 37.3 Å². The molecule has 4 aromatic carbocycles. The zero-order chi connectivity index (χ0) is 26.6. The number of nitrogens with one attached hydrogen (secondary N) is 2. The molecule has 0 aliphatic heterocycles. The number of carbonyl (C=O) groups is 3. The monoisotopic (exact) mass is 506 g/mol. The summed E-state index contributed by atoms with van der Waals surface area (Å²) in [6.07, 6.45) is -0.715. The van der Waals surface area contributed by atoms with Crippen LogP contribution >= 0.6 is 0 Å². The number of amides is 2. The minimum atomic E-state index is -1.04. The zero-order valence-corrected chi connectivity index (χ0v) is 20.7. The van der Waals surface area contributed by atoms with Gasteiger partial charge in [0.2, 0.25) is 0 Å². The van der Waals surface area contributed by atoms with Crippen molar-refractivity contribution in [1.82, 2.24) is 5.32 Å². The Kier molecular flexibility index (Phi) is 6.91. The molecule has 2 amide bonds. The number of aryl methyl sites for hydroxylation is 1. The van der Waals surface area contributed by atoms with Gasteiger partial charge in [0.15, 0.2) is 0 Å². The van der Waals surface area contributed by atoms with E-state index in [4.69, 9.17) is 4.74 Å². The number of carboxylic acid groups (broad SMARTS) is 1. The molecule has 7 nitrogen and oxygen atoms in total. The number of ether oxygens (including phenoxy) is 1. The van der Waals surface area contributed by atoms with Gasteiger partial charge in [-0.2, -0.15) is 0 Å². The molecule has 0 fully saturated rings. The van der Waals surface area contributed by atoms with E-state index in [9.17, 15) is 19.5 Å². The van der Waals surface area contributed by atoms with Crippen molar-refractivity contribution in [3.8, 4) is 11.1 Å². The fraction of sp³-hybridized carbons (Fsp3) is 0.129. The maximum absolute atomic E-state index is 13.3. The molecule has 0 spiro atoms. The average Bonchev–Trinajstić information content (AvgIpc) is 3.24. The maximum atomic E-state index is 13.3. The summed E-state index contributed by atoms with van der Waals surface area (Å²) in [4.78, 5) is 37.5. The number of hydrogen-bond acceptors (Lipinski definition) is 4. The van der Waals surface area contributed by atoms with Crippen LogP contribution in [0.4, 0.5) is 10.5 Å². The molecule has 1 aliphatic rings. The van der Waals surface area contributed by atoms with E-state index in [1.165, 1.54) is 12.1 Å². The number of fused-ring (bicyclic) bond motifs is 3. The van der Waals surface area contributed by atoms with Crippen molar-refractivity contribution in [2.45, 2.75) is 18.9 Å². The molecule has 1 atom stereocenters. The number of aromatic carboxylic acids is 1. The summed E-state index contributed by atoms with van der Waals surface area (Å²) in [5, 5.41) is 14.7. The molecule has 0 saturated heterocycles. The summed E-state index contributed by atoms with van der Waals surface area (Å²) in [6.45, 7) is 1.78. The van der Waals surface area contributed by atoms with Crippen molar-refractivity contribution < 1.29 is 24.2 Å². The van der Waals surface area contributed by atoms with Crippen LogP contribution in [0, 0.1) is 6.92 Å². The van der Waals surface area contributed by atoms with Crippen molar-refractivity contribution >= 4 is 23.7 Å². The summed E-state index contributed by atoms with van der Waals surface area (Å²) in [5.41, 5.74) is 6.12. The lowest BCUT2D eigenvalue weighted by atomic mass is 9.98. The largest absolute Gasteiger partial charge is 0.478 e. The maximum Gasteiger partial charge on any atom is 0.408 e. The standard InChI is InChI=1S/C31H26N2O5/c1-19-17-21(15-16-22(19)30(35)36)32-29(34)28(20-9-3-2-4-10-20)33-31(37)38-18-27-25-13-7-5-11-23(25)24-12-6-8-14-26(24)27/h2-17,27-28H,18H2,1H3,(H,32,34)(H,33,37)(H,35,36)/t28-/m0/s1.